The van der Waals surface area contributed by atoms with Crippen LogP contribution in [0, 0.1) is 0 Å². The van der Waals surface area contributed by atoms with Gasteiger partial charge in [-0.15, -0.1) is 0 Å². The molecular weight excluding hydrogens is 493 g/mol. The molecule has 0 atom stereocenters. The number of nitrogens with one attached hydrogen (secondary N) is 1. The fourth-order valence-electron chi connectivity index (χ4n) is 4.58. The van der Waals surface area contributed by atoms with Gasteiger partial charge in [0.2, 0.25) is 10.0 Å². The number of sulfonamides is 1. The van der Waals surface area contributed by atoms with E-state index in [0.29, 0.717) is 32.5 Å². The minimum absolute atomic E-state index is 0.0638. The van der Waals surface area contributed by atoms with Gasteiger partial charge in [-0.05, 0) is 42.1 Å². The van der Waals surface area contributed by atoms with E-state index in [2.05, 4.69) is 20.2 Å². The van der Waals surface area contributed by atoms with Crippen molar-refractivity contribution in [3.63, 3.8) is 0 Å². The summed E-state index contributed by atoms with van der Waals surface area (Å²) in [5.74, 6) is 4.98. The van der Waals surface area contributed by atoms with Crippen LogP contribution in [0.3, 0.4) is 0 Å². The van der Waals surface area contributed by atoms with Gasteiger partial charge in [-0.1, -0.05) is 18.2 Å². The maximum Gasteiger partial charge on any atom is 0.357 e. The lowest BCUT2D eigenvalue weighted by Gasteiger charge is -2.31. The van der Waals surface area contributed by atoms with Gasteiger partial charge in [0.15, 0.2) is 5.65 Å². The van der Waals surface area contributed by atoms with E-state index in [4.69, 9.17) is 10.9 Å². The van der Waals surface area contributed by atoms with Crippen LogP contribution >= 0.6 is 0 Å². The Hall–Kier alpha value is -3.81. The first-order valence-electron chi connectivity index (χ1n) is 11.9. The second-order valence-corrected chi connectivity index (χ2v) is 10.8. The van der Waals surface area contributed by atoms with E-state index in [0.717, 1.165) is 28.2 Å². The number of carbonyl (C=O) groups excluding carboxylic acids is 1. The van der Waals surface area contributed by atoms with Gasteiger partial charge in [0, 0.05) is 55.9 Å². The second kappa shape index (κ2) is 10.3. The van der Waals surface area contributed by atoms with Crippen molar-refractivity contribution in [2.45, 2.75) is 30.2 Å². The summed E-state index contributed by atoms with van der Waals surface area (Å²) in [5.41, 5.74) is 3.55. The summed E-state index contributed by atoms with van der Waals surface area (Å²) >= 11 is 0. The number of nitrogens with zero attached hydrogens (tertiary/aromatic N) is 5. The first-order valence-corrected chi connectivity index (χ1v) is 13.3. The molecule has 1 aromatic carbocycles. The summed E-state index contributed by atoms with van der Waals surface area (Å²) in [6.07, 6.45) is 6.49. The lowest BCUT2D eigenvalue weighted by Crippen LogP contribution is -2.38. The average molecular weight is 519 g/mol. The highest BCUT2D eigenvalue weighted by atomic mass is 32.2. The van der Waals surface area contributed by atoms with Gasteiger partial charge < -0.3 is 10.2 Å². The number of hydrogen-bond donors (Lipinski definition) is 2. The summed E-state index contributed by atoms with van der Waals surface area (Å²) in [6, 6.07) is 11.8. The van der Waals surface area contributed by atoms with E-state index in [1.54, 1.807) is 29.0 Å². The number of rotatable bonds is 7. The molecule has 0 spiro atoms. The Bertz CT molecular complexity index is 1540. The van der Waals surface area contributed by atoms with Gasteiger partial charge in [-0.2, -0.15) is 19.8 Å². The Kier molecular flexibility index (Phi) is 6.91. The number of fused-ring (bicyclic) bond motifs is 1. The summed E-state index contributed by atoms with van der Waals surface area (Å²) in [6.45, 7) is 1.16. The first-order chi connectivity index (χ1) is 17.9. The molecule has 3 N–H and O–H groups in total. The monoisotopic (exact) mass is 519 g/mol. The normalized spacial score (nSPS) is 15.1. The molecule has 0 saturated carbocycles. The molecule has 0 bridgehead atoms. The number of benzene rings is 1. The lowest BCUT2D eigenvalue weighted by molar-refractivity contribution is 0.0498. The third-order valence-corrected chi connectivity index (χ3v) is 8.53. The average Bonchev–Trinajstić information content (AvgIpc) is 3.32. The second-order valence-electron chi connectivity index (χ2n) is 8.92. The van der Waals surface area contributed by atoms with Gasteiger partial charge >= 0.3 is 5.97 Å². The standard InChI is InChI=1S/C24H26BN7O4S/c25-19-15-29-32-22(28-14-16-4-3-9-27-13-16)12-20(30-23(19)32)17-7-10-31(11-8-17)37(34,35)21-6-2-1-5-18(21)24(33)36-26/h1-6,9,12-13,15,17,28H,7-8,10-11,14,25-26H2. The number of nitrogens with two attached hydrogens (primary N) is 1. The zero-order valence-electron chi connectivity index (χ0n) is 20.2. The topological polar surface area (TPSA) is 145 Å². The number of hydrogen-bond acceptors (Lipinski definition) is 9. The Balaban J connectivity index is 1.36. The largest absolute Gasteiger partial charge is 0.370 e. The minimum atomic E-state index is -3.91. The molecule has 13 heteroatoms. The zero-order chi connectivity index (χ0) is 26.0. The molecule has 3 aromatic heterocycles. The molecule has 1 saturated heterocycles. The molecule has 1 aliphatic rings. The van der Waals surface area contributed by atoms with E-state index in [1.807, 2.05) is 32.2 Å². The minimum Gasteiger partial charge on any atom is -0.370 e. The summed E-state index contributed by atoms with van der Waals surface area (Å²) < 4.78 is 29.9. The molecule has 0 amide bonds. The summed E-state index contributed by atoms with van der Waals surface area (Å²) in [4.78, 5) is 25.2. The highest BCUT2D eigenvalue weighted by molar-refractivity contribution is 7.89. The van der Waals surface area contributed by atoms with Gasteiger partial charge in [-0.3, -0.25) is 4.98 Å². The van der Waals surface area contributed by atoms with Crippen LogP contribution < -0.4 is 16.7 Å². The summed E-state index contributed by atoms with van der Waals surface area (Å²) in [7, 11) is -1.95. The van der Waals surface area contributed by atoms with E-state index in [1.165, 1.54) is 16.4 Å². The predicted molar refractivity (Wildman–Crippen MR) is 140 cm³/mol. The molecule has 37 heavy (non-hydrogen) atoms. The third kappa shape index (κ3) is 4.93. The molecular formula is C24H26BN7O4S. The third-order valence-electron chi connectivity index (χ3n) is 6.57. The Morgan fingerprint density at radius 1 is 1.16 bits per heavy atom. The number of aromatic nitrogens is 4. The van der Waals surface area contributed by atoms with Crippen LogP contribution in [0.15, 0.2) is 66.0 Å². The van der Waals surface area contributed by atoms with Crippen LogP contribution in [0.4, 0.5) is 5.82 Å². The SMILES string of the molecule is Bc1cnn2c(NCc3cccnc3)cc(C3CCN(S(=O)(=O)c4ccccc4C(=O)ON)CC3)nc12. The zero-order valence-corrected chi connectivity index (χ0v) is 21.1. The number of piperidine rings is 1. The van der Waals surface area contributed by atoms with Gasteiger partial charge in [-0.25, -0.2) is 18.2 Å². The predicted octanol–water partition coefficient (Wildman–Crippen LogP) is 0.594. The van der Waals surface area contributed by atoms with E-state index in [9.17, 15) is 13.2 Å². The van der Waals surface area contributed by atoms with Crippen molar-refractivity contribution in [2.24, 2.45) is 5.90 Å². The Morgan fingerprint density at radius 3 is 2.68 bits per heavy atom. The van der Waals surface area contributed by atoms with Gasteiger partial charge in [0.05, 0.1) is 10.5 Å². The Morgan fingerprint density at radius 2 is 1.95 bits per heavy atom. The van der Waals surface area contributed by atoms with Crippen LogP contribution in [-0.2, 0) is 21.4 Å². The highest BCUT2D eigenvalue weighted by Gasteiger charge is 2.33. The fraction of sp³-hybridized carbons (Fsp3) is 0.250. The van der Waals surface area contributed by atoms with Crippen molar-refractivity contribution in [1.29, 1.82) is 0 Å². The molecule has 0 radical (unpaired) electrons. The number of pyridine rings is 1. The van der Waals surface area contributed by atoms with Crippen molar-refractivity contribution in [3.8, 4) is 0 Å². The van der Waals surface area contributed by atoms with E-state index < -0.39 is 16.0 Å². The van der Waals surface area contributed by atoms with Crippen molar-refractivity contribution in [3.05, 3.63) is 77.9 Å². The van der Waals surface area contributed by atoms with Crippen molar-refractivity contribution < 1.29 is 18.0 Å². The quantitative estimate of drug-likeness (QED) is 0.265. The molecule has 0 unspecified atom stereocenters. The van der Waals surface area contributed by atoms with Crippen LogP contribution in [0.2, 0.25) is 0 Å². The number of anilines is 1. The lowest BCUT2D eigenvalue weighted by atomic mass is 9.94. The van der Waals surface area contributed by atoms with Crippen molar-refractivity contribution >= 4 is 40.8 Å². The van der Waals surface area contributed by atoms with Crippen LogP contribution in [0.25, 0.3) is 5.65 Å². The van der Waals surface area contributed by atoms with E-state index >= 15 is 0 Å². The Labute approximate surface area is 215 Å². The molecule has 4 heterocycles. The number of carbonyl (C=O) groups is 1. The van der Waals surface area contributed by atoms with Crippen molar-refractivity contribution in [2.75, 3.05) is 18.4 Å². The van der Waals surface area contributed by atoms with Crippen LogP contribution in [0.5, 0.6) is 0 Å². The molecule has 11 nitrogen and oxygen atoms in total. The smallest absolute Gasteiger partial charge is 0.357 e. The maximum atomic E-state index is 13.4. The van der Waals surface area contributed by atoms with E-state index in [-0.39, 0.29) is 16.4 Å². The molecule has 5 rings (SSSR count). The maximum absolute atomic E-state index is 13.4. The molecule has 190 valence electrons. The first kappa shape index (κ1) is 24.9. The molecule has 0 aliphatic carbocycles. The van der Waals surface area contributed by atoms with Crippen LogP contribution in [-0.4, -0.2) is 59.2 Å². The van der Waals surface area contributed by atoms with Gasteiger partial charge in [0.25, 0.3) is 0 Å². The fourth-order valence-corrected chi connectivity index (χ4v) is 6.23. The molecule has 1 fully saturated rings. The molecule has 1 aliphatic heterocycles. The highest BCUT2D eigenvalue weighted by Crippen LogP contribution is 2.32. The van der Waals surface area contributed by atoms with Crippen molar-refractivity contribution in [1.82, 2.24) is 23.9 Å². The van der Waals surface area contributed by atoms with Crippen LogP contribution in [0.1, 0.15) is 40.4 Å². The molecule has 4 aromatic rings. The van der Waals surface area contributed by atoms with Gasteiger partial charge in [0.1, 0.15) is 13.7 Å². The summed E-state index contributed by atoms with van der Waals surface area (Å²) in [5, 5.41) is 7.90.